The lowest BCUT2D eigenvalue weighted by atomic mass is 9.95. The smallest absolute Gasteiger partial charge is 0.0575 e. The molecular formula is C9H20N2O. The Balaban J connectivity index is 2.05. The van der Waals surface area contributed by atoms with Crippen LogP contribution in [-0.4, -0.2) is 38.9 Å². The van der Waals surface area contributed by atoms with Crippen LogP contribution in [0.15, 0.2) is 0 Å². The number of hydrogen-bond acceptors (Lipinski definition) is 3. The number of piperidine rings is 1. The first-order valence-electron chi connectivity index (χ1n) is 4.79. The van der Waals surface area contributed by atoms with E-state index in [4.69, 9.17) is 4.84 Å². The second-order valence-electron chi connectivity index (χ2n) is 3.52. The Hall–Kier alpha value is -0.120. The Labute approximate surface area is 75.0 Å². The summed E-state index contributed by atoms with van der Waals surface area (Å²) < 4.78 is 0. The standard InChI is InChI=1S/C9H20N2O/c1-11(12-2)8-5-9-3-6-10-7-4-9/h9-10H,3-8H2,1-2H3. The maximum Gasteiger partial charge on any atom is 0.0575 e. The van der Waals surface area contributed by atoms with Crippen molar-refractivity contribution in [3.05, 3.63) is 0 Å². The molecule has 0 aromatic heterocycles. The molecule has 0 aliphatic carbocycles. The summed E-state index contributed by atoms with van der Waals surface area (Å²) in [5.41, 5.74) is 0. The molecule has 0 atom stereocenters. The van der Waals surface area contributed by atoms with E-state index in [1.807, 2.05) is 12.1 Å². The minimum Gasteiger partial charge on any atom is -0.317 e. The Morgan fingerprint density at radius 1 is 1.42 bits per heavy atom. The minimum absolute atomic E-state index is 0.906. The van der Waals surface area contributed by atoms with E-state index in [1.54, 1.807) is 7.11 Å². The normalized spacial score (nSPS) is 20.2. The van der Waals surface area contributed by atoms with E-state index in [9.17, 15) is 0 Å². The van der Waals surface area contributed by atoms with E-state index in [0.29, 0.717) is 0 Å². The molecule has 12 heavy (non-hydrogen) atoms. The van der Waals surface area contributed by atoms with E-state index in [0.717, 1.165) is 12.5 Å². The fraction of sp³-hybridized carbons (Fsp3) is 1.00. The van der Waals surface area contributed by atoms with Gasteiger partial charge in [0, 0.05) is 13.6 Å². The molecule has 0 radical (unpaired) electrons. The maximum atomic E-state index is 5.06. The molecule has 0 saturated carbocycles. The molecule has 1 N–H and O–H groups in total. The predicted molar refractivity (Wildman–Crippen MR) is 49.8 cm³/mol. The summed E-state index contributed by atoms with van der Waals surface area (Å²) in [4.78, 5) is 5.06. The third-order valence-corrected chi connectivity index (χ3v) is 2.62. The molecule has 0 aromatic rings. The van der Waals surface area contributed by atoms with Crippen molar-refractivity contribution in [1.82, 2.24) is 10.4 Å². The largest absolute Gasteiger partial charge is 0.317 e. The van der Waals surface area contributed by atoms with Gasteiger partial charge in [0.1, 0.15) is 0 Å². The number of hydrogen-bond donors (Lipinski definition) is 1. The molecule has 1 aliphatic rings. The zero-order chi connectivity index (χ0) is 8.81. The maximum absolute atomic E-state index is 5.06. The van der Waals surface area contributed by atoms with Gasteiger partial charge >= 0.3 is 0 Å². The Morgan fingerprint density at radius 3 is 2.67 bits per heavy atom. The molecule has 3 heteroatoms. The highest BCUT2D eigenvalue weighted by atomic mass is 16.7. The molecule has 1 heterocycles. The fourth-order valence-electron chi connectivity index (χ4n) is 1.63. The van der Waals surface area contributed by atoms with Crippen molar-refractivity contribution in [3.8, 4) is 0 Å². The molecule has 0 aromatic carbocycles. The van der Waals surface area contributed by atoms with E-state index < -0.39 is 0 Å². The highest BCUT2D eigenvalue weighted by molar-refractivity contribution is 4.68. The molecule has 1 aliphatic heterocycles. The molecule has 0 unspecified atom stereocenters. The molecule has 1 fully saturated rings. The molecule has 0 bridgehead atoms. The first-order chi connectivity index (χ1) is 5.83. The Kier molecular flexibility index (Phi) is 4.58. The van der Waals surface area contributed by atoms with Crippen molar-refractivity contribution in [1.29, 1.82) is 0 Å². The fourth-order valence-corrected chi connectivity index (χ4v) is 1.63. The van der Waals surface area contributed by atoms with Gasteiger partial charge in [-0.15, -0.1) is 0 Å². The first kappa shape index (κ1) is 9.96. The number of rotatable bonds is 4. The van der Waals surface area contributed by atoms with Crippen LogP contribution in [0.1, 0.15) is 19.3 Å². The van der Waals surface area contributed by atoms with Gasteiger partial charge in [-0.05, 0) is 38.3 Å². The minimum atomic E-state index is 0.906. The number of nitrogens with one attached hydrogen (secondary N) is 1. The van der Waals surface area contributed by atoms with Crippen LogP contribution in [0, 0.1) is 5.92 Å². The van der Waals surface area contributed by atoms with Crippen molar-refractivity contribution in [2.45, 2.75) is 19.3 Å². The van der Waals surface area contributed by atoms with E-state index in [1.165, 1.54) is 32.4 Å². The number of nitrogens with zero attached hydrogens (tertiary/aromatic N) is 1. The molecule has 72 valence electrons. The predicted octanol–water partition coefficient (Wildman–Crippen LogP) is 0.869. The second kappa shape index (κ2) is 5.51. The second-order valence-corrected chi connectivity index (χ2v) is 3.52. The zero-order valence-electron chi connectivity index (χ0n) is 8.18. The van der Waals surface area contributed by atoms with Crippen LogP contribution in [0.5, 0.6) is 0 Å². The monoisotopic (exact) mass is 172 g/mol. The first-order valence-corrected chi connectivity index (χ1v) is 4.79. The van der Waals surface area contributed by atoms with Crippen molar-refractivity contribution >= 4 is 0 Å². The summed E-state index contributed by atoms with van der Waals surface area (Å²) >= 11 is 0. The van der Waals surface area contributed by atoms with Crippen LogP contribution in [0.2, 0.25) is 0 Å². The lowest BCUT2D eigenvalue weighted by Gasteiger charge is -2.24. The summed E-state index contributed by atoms with van der Waals surface area (Å²) in [5.74, 6) is 0.906. The summed E-state index contributed by atoms with van der Waals surface area (Å²) in [6, 6.07) is 0. The van der Waals surface area contributed by atoms with Gasteiger partial charge in [0.05, 0.1) is 7.11 Å². The van der Waals surface area contributed by atoms with Crippen molar-refractivity contribution in [2.75, 3.05) is 33.8 Å². The Morgan fingerprint density at radius 2 is 2.08 bits per heavy atom. The number of hydroxylamine groups is 2. The average Bonchev–Trinajstić information content (AvgIpc) is 2.16. The summed E-state index contributed by atoms with van der Waals surface area (Å²) in [6.45, 7) is 3.45. The van der Waals surface area contributed by atoms with Crippen molar-refractivity contribution in [3.63, 3.8) is 0 Å². The third kappa shape index (κ3) is 3.52. The summed E-state index contributed by atoms with van der Waals surface area (Å²) in [7, 11) is 3.71. The van der Waals surface area contributed by atoms with Gasteiger partial charge < -0.3 is 10.2 Å². The van der Waals surface area contributed by atoms with Gasteiger partial charge in [0.25, 0.3) is 0 Å². The molecule has 3 nitrogen and oxygen atoms in total. The average molecular weight is 172 g/mol. The van der Waals surface area contributed by atoms with Crippen molar-refractivity contribution in [2.24, 2.45) is 5.92 Å². The quantitative estimate of drug-likeness (QED) is 0.637. The van der Waals surface area contributed by atoms with Gasteiger partial charge in [-0.3, -0.25) is 0 Å². The van der Waals surface area contributed by atoms with Crippen LogP contribution in [0.4, 0.5) is 0 Å². The van der Waals surface area contributed by atoms with Gasteiger partial charge in [-0.25, -0.2) is 0 Å². The molecule has 0 amide bonds. The van der Waals surface area contributed by atoms with Gasteiger partial charge in [-0.1, -0.05) is 0 Å². The molecule has 1 rings (SSSR count). The van der Waals surface area contributed by atoms with E-state index in [2.05, 4.69) is 5.32 Å². The van der Waals surface area contributed by atoms with Crippen LogP contribution in [0.25, 0.3) is 0 Å². The van der Waals surface area contributed by atoms with E-state index in [-0.39, 0.29) is 0 Å². The van der Waals surface area contributed by atoms with Crippen LogP contribution in [-0.2, 0) is 4.84 Å². The molecular weight excluding hydrogens is 152 g/mol. The lowest BCUT2D eigenvalue weighted by molar-refractivity contribution is -0.111. The Bertz CT molecular complexity index is 113. The molecule has 1 saturated heterocycles. The van der Waals surface area contributed by atoms with E-state index >= 15 is 0 Å². The van der Waals surface area contributed by atoms with Crippen molar-refractivity contribution < 1.29 is 4.84 Å². The topological polar surface area (TPSA) is 24.5 Å². The van der Waals surface area contributed by atoms with Gasteiger partial charge in [0.15, 0.2) is 0 Å². The molecule has 0 spiro atoms. The third-order valence-electron chi connectivity index (χ3n) is 2.62. The van der Waals surface area contributed by atoms with Crippen LogP contribution >= 0.6 is 0 Å². The van der Waals surface area contributed by atoms with Crippen LogP contribution < -0.4 is 5.32 Å². The van der Waals surface area contributed by atoms with Gasteiger partial charge in [0.2, 0.25) is 0 Å². The SMILES string of the molecule is CON(C)CCC1CCNCC1. The highest BCUT2D eigenvalue weighted by Gasteiger charge is 2.12. The summed E-state index contributed by atoms with van der Waals surface area (Å²) in [5, 5.41) is 5.28. The summed E-state index contributed by atoms with van der Waals surface area (Å²) in [6.07, 6.45) is 3.93. The van der Waals surface area contributed by atoms with Gasteiger partial charge in [-0.2, -0.15) is 5.06 Å². The van der Waals surface area contributed by atoms with Crippen LogP contribution in [0.3, 0.4) is 0 Å². The zero-order valence-corrected chi connectivity index (χ0v) is 8.18. The highest BCUT2D eigenvalue weighted by Crippen LogP contribution is 2.15. The lowest BCUT2D eigenvalue weighted by Crippen LogP contribution is -2.30.